The summed E-state index contributed by atoms with van der Waals surface area (Å²) >= 11 is 0. The van der Waals surface area contributed by atoms with Crippen LogP contribution >= 0.6 is 0 Å². The normalized spacial score (nSPS) is 11.0. The lowest BCUT2D eigenvalue weighted by molar-refractivity contribution is 0.0964. The summed E-state index contributed by atoms with van der Waals surface area (Å²) < 4.78 is 19.3. The molecule has 0 radical (unpaired) electrons. The summed E-state index contributed by atoms with van der Waals surface area (Å²) in [4.78, 5) is 12.7. The molecule has 0 atom stereocenters. The Morgan fingerprint density at radius 2 is 1.71 bits per heavy atom. The highest BCUT2D eigenvalue weighted by atomic mass is 19.1. The zero-order valence-electron chi connectivity index (χ0n) is 15.5. The Morgan fingerprint density at radius 3 is 2.43 bits per heavy atom. The number of nitrogen functional groups attached to an aromatic ring is 1. The number of nitrogens with two attached hydrogens (primary N) is 1. The predicted octanol–water partition coefficient (Wildman–Crippen LogP) is 5.16. The van der Waals surface area contributed by atoms with Gasteiger partial charge in [-0.05, 0) is 72.1 Å². The van der Waals surface area contributed by atoms with Crippen molar-refractivity contribution >= 4 is 22.6 Å². The van der Waals surface area contributed by atoms with E-state index in [-0.39, 0.29) is 11.7 Å². The Balaban J connectivity index is 1.97. The van der Waals surface area contributed by atoms with Crippen molar-refractivity contribution in [1.29, 1.82) is 0 Å². The number of carbonyl (C=O) groups is 1. The van der Waals surface area contributed by atoms with E-state index in [1.807, 2.05) is 43.3 Å². The van der Waals surface area contributed by atoms with E-state index in [1.54, 1.807) is 19.2 Å². The molecular formula is C23H19FN2O2. The number of hydrogen-bond donors (Lipinski definition) is 2. The van der Waals surface area contributed by atoms with Crippen molar-refractivity contribution in [2.24, 2.45) is 0 Å². The van der Waals surface area contributed by atoms with Crippen molar-refractivity contribution in [3.05, 3.63) is 77.6 Å². The highest BCUT2D eigenvalue weighted by Crippen LogP contribution is 2.37. The van der Waals surface area contributed by atoms with Crippen molar-refractivity contribution in [1.82, 2.24) is 5.32 Å². The van der Waals surface area contributed by atoms with E-state index < -0.39 is 0 Å². The fraction of sp³-hybridized carbons (Fsp3) is 0.0870. The fourth-order valence-electron chi connectivity index (χ4n) is 3.37. The maximum absolute atomic E-state index is 13.3. The van der Waals surface area contributed by atoms with Crippen LogP contribution in [0.5, 0.6) is 0 Å². The first-order valence-electron chi connectivity index (χ1n) is 8.89. The van der Waals surface area contributed by atoms with E-state index in [9.17, 15) is 9.18 Å². The van der Waals surface area contributed by atoms with Crippen LogP contribution in [0.2, 0.25) is 0 Å². The van der Waals surface area contributed by atoms with Crippen LogP contribution in [0.25, 0.3) is 33.4 Å². The molecule has 3 N–H and O–H groups in total. The monoisotopic (exact) mass is 374 g/mol. The molecule has 4 nitrogen and oxygen atoms in total. The third-order valence-electron chi connectivity index (χ3n) is 4.82. The molecule has 0 saturated carbocycles. The fourth-order valence-corrected chi connectivity index (χ4v) is 3.37. The second-order valence-electron chi connectivity index (χ2n) is 6.68. The van der Waals surface area contributed by atoms with Gasteiger partial charge in [0.05, 0.1) is 5.56 Å². The number of carbonyl (C=O) groups excluding carboxylic acids is 1. The average Bonchev–Trinajstić information content (AvgIpc) is 3.08. The van der Waals surface area contributed by atoms with E-state index >= 15 is 0 Å². The number of nitrogens with one attached hydrogen (secondary N) is 1. The van der Waals surface area contributed by atoms with Crippen molar-refractivity contribution in [3.63, 3.8) is 0 Å². The molecule has 5 heteroatoms. The first-order valence-corrected chi connectivity index (χ1v) is 8.89. The van der Waals surface area contributed by atoms with Gasteiger partial charge in [0.15, 0.2) is 0 Å². The third-order valence-corrected chi connectivity index (χ3v) is 4.82. The molecule has 0 aliphatic heterocycles. The standard InChI is InChI=1S/C23H19FN2O2/c1-13-3-9-17(25)12-18(13)15-6-10-20-19(11-15)21(23(27)26-2)22(28-20)14-4-7-16(24)8-5-14/h3-12H,25H2,1-2H3,(H,26,27). The summed E-state index contributed by atoms with van der Waals surface area (Å²) in [6, 6.07) is 17.3. The largest absolute Gasteiger partial charge is 0.455 e. The molecular weight excluding hydrogens is 355 g/mol. The zero-order chi connectivity index (χ0) is 19.8. The molecule has 0 fully saturated rings. The molecule has 0 aliphatic rings. The number of hydrogen-bond acceptors (Lipinski definition) is 3. The summed E-state index contributed by atoms with van der Waals surface area (Å²) in [5, 5.41) is 3.36. The summed E-state index contributed by atoms with van der Waals surface area (Å²) in [6.07, 6.45) is 0. The van der Waals surface area contributed by atoms with Gasteiger partial charge in [-0.1, -0.05) is 12.1 Å². The highest BCUT2D eigenvalue weighted by Gasteiger charge is 2.22. The molecule has 0 unspecified atom stereocenters. The lowest BCUT2D eigenvalue weighted by Crippen LogP contribution is -2.18. The van der Waals surface area contributed by atoms with Gasteiger partial charge in [0, 0.05) is 23.7 Å². The minimum Gasteiger partial charge on any atom is -0.455 e. The molecule has 0 spiro atoms. The van der Waals surface area contributed by atoms with Gasteiger partial charge in [-0.3, -0.25) is 4.79 Å². The Hall–Kier alpha value is -3.60. The number of rotatable bonds is 3. The maximum atomic E-state index is 13.3. The second kappa shape index (κ2) is 6.85. The smallest absolute Gasteiger partial charge is 0.255 e. The molecule has 1 aromatic heterocycles. The van der Waals surface area contributed by atoms with E-state index in [0.29, 0.717) is 33.5 Å². The zero-order valence-corrected chi connectivity index (χ0v) is 15.5. The van der Waals surface area contributed by atoms with Crippen LogP contribution in [0.15, 0.2) is 65.1 Å². The van der Waals surface area contributed by atoms with E-state index in [4.69, 9.17) is 10.2 Å². The van der Waals surface area contributed by atoms with Crippen LogP contribution < -0.4 is 11.1 Å². The van der Waals surface area contributed by atoms with Gasteiger partial charge in [-0.15, -0.1) is 0 Å². The lowest BCUT2D eigenvalue weighted by atomic mass is 9.97. The van der Waals surface area contributed by atoms with Crippen molar-refractivity contribution in [2.75, 3.05) is 12.8 Å². The van der Waals surface area contributed by atoms with Gasteiger partial charge in [-0.25, -0.2) is 4.39 Å². The van der Waals surface area contributed by atoms with Crippen molar-refractivity contribution in [2.45, 2.75) is 6.92 Å². The molecule has 1 heterocycles. The molecule has 0 bridgehead atoms. The number of aryl methyl sites for hydroxylation is 1. The minimum atomic E-state index is -0.346. The van der Waals surface area contributed by atoms with Gasteiger partial charge in [0.1, 0.15) is 17.2 Å². The molecule has 0 aliphatic carbocycles. The van der Waals surface area contributed by atoms with Crippen LogP contribution in [0.3, 0.4) is 0 Å². The number of anilines is 1. The Labute approximate surface area is 161 Å². The number of halogens is 1. The van der Waals surface area contributed by atoms with Crippen molar-refractivity contribution in [3.8, 4) is 22.5 Å². The van der Waals surface area contributed by atoms with Crippen LogP contribution in [0, 0.1) is 12.7 Å². The summed E-state index contributed by atoms with van der Waals surface area (Å²) in [7, 11) is 1.57. The molecule has 140 valence electrons. The van der Waals surface area contributed by atoms with Crippen molar-refractivity contribution < 1.29 is 13.6 Å². The van der Waals surface area contributed by atoms with E-state index in [1.165, 1.54) is 12.1 Å². The number of benzene rings is 3. The quantitative estimate of drug-likeness (QED) is 0.487. The summed E-state index contributed by atoms with van der Waals surface area (Å²) in [6.45, 7) is 2.01. The first-order chi connectivity index (χ1) is 13.5. The van der Waals surface area contributed by atoms with Gasteiger partial charge in [0.25, 0.3) is 5.91 Å². The summed E-state index contributed by atoms with van der Waals surface area (Å²) in [5.74, 6) is -0.198. The van der Waals surface area contributed by atoms with Gasteiger partial charge >= 0.3 is 0 Å². The van der Waals surface area contributed by atoms with Crippen LogP contribution in [-0.4, -0.2) is 13.0 Å². The molecule has 0 saturated heterocycles. The molecule has 1 amide bonds. The van der Waals surface area contributed by atoms with Crippen LogP contribution in [0.1, 0.15) is 15.9 Å². The average molecular weight is 374 g/mol. The number of amides is 1. The SMILES string of the molecule is CNC(=O)c1c(-c2ccc(F)cc2)oc2ccc(-c3cc(N)ccc3C)cc12. The van der Waals surface area contributed by atoms with Gasteiger partial charge in [0.2, 0.25) is 0 Å². The lowest BCUT2D eigenvalue weighted by Gasteiger charge is -2.08. The Bertz CT molecular complexity index is 1190. The molecule has 28 heavy (non-hydrogen) atoms. The van der Waals surface area contributed by atoms with E-state index in [0.717, 1.165) is 16.7 Å². The Kier molecular flexibility index (Phi) is 4.35. The topological polar surface area (TPSA) is 68.3 Å². The Morgan fingerprint density at radius 1 is 1.00 bits per heavy atom. The molecule has 4 aromatic rings. The minimum absolute atomic E-state index is 0.264. The van der Waals surface area contributed by atoms with Crippen LogP contribution in [-0.2, 0) is 0 Å². The number of fused-ring (bicyclic) bond motifs is 1. The molecule has 4 rings (SSSR count). The second-order valence-corrected chi connectivity index (χ2v) is 6.68. The van der Waals surface area contributed by atoms with Gasteiger partial charge < -0.3 is 15.5 Å². The predicted molar refractivity (Wildman–Crippen MR) is 110 cm³/mol. The van der Waals surface area contributed by atoms with Crippen LogP contribution in [0.4, 0.5) is 10.1 Å². The summed E-state index contributed by atoms with van der Waals surface area (Å²) in [5.41, 5.74) is 11.3. The van der Waals surface area contributed by atoms with Gasteiger partial charge in [-0.2, -0.15) is 0 Å². The highest BCUT2D eigenvalue weighted by molar-refractivity contribution is 6.11. The third kappa shape index (κ3) is 3.01. The van der Waals surface area contributed by atoms with E-state index in [2.05, 4.69) is 5.32 Å². The first kappa shape index (κ1) is 17.8. The maximum Gasteiger partial charge on any atom is 0.255 e. The molecule has 3 aromatic carbocycles. The number of furan rings is 1.